The van der Waals surface area contributed by atoms with Gasteiger partial charge in [0.2, 0.25) is 0 Å². The van der Waals surface area contributed by atoms with Crippen molar-refractivity contribution < 1.29 is 0 Å². The van der Waals surface area contributed by atoms with Crippen LogP contribution >= 0.6 is 0 Å². The second-order valence-electron chi connectivity index (χ2n) is 2.06. The number of unbranched alkanes of at least 4 members (excludes halogenated alkanes) is 1. The van der Waals surface area contributed by atoms with Crippen LogP contribution in [0, 0.1) is 0 Å². The van der Waals surface area contributed by atoms with Crippen LogP contribution in [-0.4, -0.2) is 13.1 Å². The Hall–Kier alpha value is -0.300. The van der Waals surface area contributed by atoms with E-state index in [1.54, 1.807) is 0 Å². The van der Waals surface area contributed by atoms with Gasteiger partial charge in [-0.15, -0.1) is 0 Å². The predicted octanol–water partition coefficient (Wildman–Crippen LogP) is 1.95. The van der Waals surface area contributed by atoms with Crippen molar-refractivity contribution in [1.29, 1.82) is 0 Å². The summed E-state index contributed by atoms with van der Waals surface area (Å²) in [5, 5.41) is 3.27. The van der Waals surface area contributed by atoms with E-state index in [1.165, 1.54) is 12.8 Å². The molecule has 0 aliphatic heterocycles. The Balaban J connectivity index is 2.75. The maximum Gasteiger partial charge on any atom is -0.00461 e. The molecule has 9 heavy (non-hydrogen) atoms. The Bertz CT molecular complexity index is 67.0. The zero-order valence-electron chi connectivity index (χ0n) is 6.48. The number of hydrogen-bond acceptors (Lipinski definition) is 1. The Morgan fingerprint density at radius 2 is 2.22 bits per heavy atom. The summed E-state index contributed by atoms with van der Waals surface area (Å²) >= 11 is 0. The predicted molar refractivity (Wildman–Crippen MR) is 42.6 cm³/mol. The molecule has 0 aliphatic rings. The highest BCUT2D eigenvalue weighted by atomic mass is 14.8. The highest BCUT2D eigenvalue weighted by Crippen LogP contribution is 1.87. The van der Waals surface area contributed by atoms with Gasteiger partial charge in [-0.05, 0) is 32.9 Å². The lowest BCUT2D eigenvalue weighted by Crippen LogP contribution is -2.13. The van der Waals surface area contributed by atoms with Gasteiger partial charge in [-0.3, -0.25) is 0 Å². The van der Waals surface area contributed by atoms with Gasteiger partial charge >= 0.3 is 0 Å². The minimum Gasteiger partial charge on any atom is -0.317 e. The summed E-state index contributed by atoms with van der Waals surface area (Å²) in [6.45, 7) is 6.44. The van der Waals surface area contributed by atoms with Crippen LogP contribution in [0.3, 0.4) is 0 Å². The molecule has 1 nitrogen and oxygen atoms in total. The van der Waals surface area contributed by atoms with Crippen molar-refractivity contribution in [2.24, 2.45) is 0 Å². The molecule has 0 aromatic rings. The van der Waals surface area contributed by atoms with E-state index in [-0.39, 0.29) is 0 Å². The van der Waals surface area contributed by atoms with Gasteiger partial charge in [0.15, 0.2) is 0 Å². The van der Waals surface area contributed by atoms with E-state index in [4.69, 9.17) is 0 Å². The quantitative estimate of drug-likeness (QED) is 0.439. The first kappa shape index (κ1) is 8.70. The van der Waals surface area contributed by atoms with E-state index in [0.29, 0.717) is 0 Å². The van der Waals surface area contributed by atoms with E-state index in [9.17, 15) is 0 Å². The molecule has 0 unspecified atom stereocenters. The number of allylic oxidation sites excluding steroid dienone is 2. The maximum atomic E-state index is 3.27. The van der Waals surface area contributed by atoms with Crippen LogP contribution in [0.2, 0.25) is 0 Å². The third kappa shape index (κ3) is 7.70. The summed E-state index contributed by atoms with van der Waals surface area (Å²) < 4.78 is 0. The highest BCUT2D eigenvalue weighted by molar-refractivity contribution is 4.76. The molecule has 0 saturated carbocycles. The summed E-state index contributed by atoms with van der Waals surface area (Å²) in [6, 6.07) is 0. The molecule has 0 bridgehead atoms. The van der Waals surface area contributed by atoms with E-state index < -0.39 is 0 Å². The maximum absolute atomic E-state index is 3.27. The summed E-state index contributed by atoms with van der Waals surface area (Å²) in [4.78, 5) is 0. The zero-order chi connectivity index (χ0) is 6.95. The average molecular weight is 127 g/mol. The monoisotopic (exact) mass is 127 g/mol. The van der Waals surface area contributed by atoms with Gasteiger partial charge in [0, 0.05) is 0 Å². The fraction of sp³-hybridized carbons (Fsp3) is 0.750. The van der Waals surface area contributed by atoms with Crippen LogP contribution in [0.5, 0.6) is 0 Å². The second kappa shape index (κ2) is 7.70. The van der Waals surface area contributed by atoms with Crippen LogP contribution in [-0.2, 0) is 0 Å². The topological polar surface area (TPSA) is 12.0 Å². The molecule has 0 saturated heterocycles. The van der Waals surface area contributed by atoms with Gasteiger partial charge in [0.25, 0.3) is 0 Å². The third-order valence-corrected chi connectivity index (χ3v) is 1.21. The Labute approximate surface area is 58.2 Å². The lowest BCUT2D eigenvalue weighted by atomic mass is 10.3. The molecule has 1 heteroatoms. The van der Waals surface area contributed by atoms with Crippen LogP contribution in [0.4, 0.5) is 0 Å². The molecular weight excluding hydrogens is 110 g/mol. The zero-order valence-corrected chi connectivity index (χ0v) is 6.48. The summed E-state index contributed by atoms with van der Waals surface area (Å²) in [7, 11) is 0. The number of hydrogen-bond donors (Lipinski definition) is 1. The summed E-state index contributed by atoms with van der Waals surface area (Å²) in [5.74, 6) is 0. The Morgan fingerprint density at radius 3 is 2.78 bits per heavy atom. The molecule has 0 fully saturated rings. The summed E-state index contributed by atoms with van der Waals surface area (Å²) in [5.41, 5.74) is 0. The van der Waals surface area contributed by atoms with Crippen molar-refractivity contribution in [2.45, 2.75) is 26.7 Å². The SMILES string of the molecule is C/C=C\CCCNCC. The smallest absolute Gasteiger partial charge is 0.00461 e. The highest BCUT2D eigenvalue weighted by Gasteiger charge is 1.80. The first-order valence-corrected chi connectivity index (χ1v) is 3.73. The molecule has 0 spiro atoms. The molecular formula is C8H17N. The molecule has 0 aromatic carbocycles. The average Bonchev–Trinajstić information content (AvgIpc) is 1.89. The van der Waals surface area contributed by atoms with Crippen molar-refractivity contribution in [3.63, 3.8) is 0 Å². The second-order valence-corrected chi connectivity index (χ2v) is 2.06. The number of rotatable bonds is 5. The van der Waals surface area contributed by atoms with Gasteiger partial charge in [-0.2, -0.15) is 0 Å². The van der Waals surface area contributed by atoms with Crippen molar-refractivity contribution >= 4 is 0 Å². The van der Waals surface area contributed by atoms with Crippen molar-refractivity contribution in [1.82, 2.24) is 5.32 Å². The van der Waals surface area contributed by atoms with Gasteiger partial charge in [-0.1, -0.05) is 19.1 Å². The van der Waals surface area contributed by atoms with Gasteiger partial charge in [-0.25, -0.2) is 0 Å². The lowest BCUT2D eigenvalue weighted by Gasteiger charge is -1.96. The number of nitrogens with one attached hydrogen (secondary N) is 1. The van der Waals surface area contributed by atoms with Crippen LogP contribution < -0.4 is 5.32 Å². The standard InChI is InChI=1S/C8H17N/c1-3-5-6-7-8-9-4-2/h3,5,9H,4,6-8H2,1-2H3/b5-3-. The molecule has 1 N–H and O–H groups in total. The normalized spacial score (nSPS) is 10.9. The van der Waals surface area contributed by atoms with E-state index in [0.717, 1.165) is 13.1 Å². The van der Waals surface area contributed by atoms with E-state index >= 15 is 0 Å². The minimum atomic E-state index is 1.09. The molecule has 0 heterocycles. The van der Waals surface area contributed by atoms with Gasteiger partial charge < -0.3 is 5.32 Å². The van der Waals surface area contributed by atoms with Crippen molar-refractivity contribution in [3.8, 4) is 0 Å². The molecule has 0 amide bonds. The third-order valence-electron chi connectivity index (χ3n) is 1.21. The molecule has 0 radical (unpaired) electrons. The minimum absolute atomic E-state index is 1.09. The molecule has 0 rings (SSSR count). The Kier molecular flexibility index (Phi) is 7.44. The van der Waals surface area contributed by atoms with E-state index in [1.807, 2.05) is 0 Å². The molecule has 0 aromatic heterocycles. The summed E-state index contributed by atoms with van der Waals surface area (Å²) in [6.07, 6.45) is 6.78. The van der Waals surface area contributed by atoms with Gasteiger partial charge in [0.05, 0.1) is 0 Å². The first-order valence-electron chi connectivity index (χ1n) is 3.73. The fourth-order valence-electron chi connectivity index (χ4n) is 0.688. The Morgan fingerprint density at radius 1 is 1.44 bits per heavy atom. The lowest BCUT2D eigenvalue weighted by molar-refractivity contribution is 0.679. The molecule has 54 valence electrons. The first-order chi connectivity index (χ1) is 4.41. The molecule has 0 atom stereocenters. The van der Waals surface area contributed by atoms with Gasteiger partial charge in [0.1, 0.15) is 0 Å². The van der Waals surface area contributed by atoms with Crippen LogP contribution in [0.1, 0.15) is 26.7 Å². The fourth-order valence-corrected chi connectivity index (χ4v) is 0.688. The van der Waals surface area contributed by atoms with E-state index in [2.05, 4.69) is 31.3 Å². The molecule has 0 aliphatic carbocycles. The van der Waals surface area contributed by atoms with Crippen molar-refractivity contribution in [2.75, 3.05) is 13.1 Å². The van der Waals surface area contributed by atoms with Crippen molar-refractivity contribution in [3.05, 3.63) is 12.2 Å². The van der Waals surface area contributed by atoms with Crippen LogP contribution in [0.15, 0.2) is 12.2 Å². The van der Waals surface area contributed by atoms with Crippen LogP contribution in [0.25, 0.3) is 0 Å². The largest absolute Gasteiger partial charge is 0.317 e.